The van der Waals surface area contributed by atoms with Gasteiger partial charge in [-0.3, -0.25) is 0 Å². The molecular weight excluding hydrogens is 366 g/mol. The van der Waals surface area contributed by atoms with Crippen LogP contribution in [-0.2, 0) is 9.53 Å². The molecule has 0 fully saturated rings. The first-order chi connectivity index (χ1) is 13.2. The molecule has 4 aromatic rings. The normalized spacial score (nSPS) is 11.0. The van der Waals surface area contributed by atoms with Crippen LogP contribution in [-0.4, -0.2) is 24.3 Å². The number of fused-ring (bicyclic) bond motifs is 2. The number of ether oxygens (including phenoxy) is 2. The van der Waals surface area contributed by atoms with Crippen LogP contribution in [0.15, 0.2) is 59.1 Å². The van der Waals surface area contributed by atoms with E-state index in [4.69, 9.17) is 25.6 Å². The van der Waals surface area contributed by atoms with Crippen LogP contribution in [0.1, 0.15) is 6.92 Å². The molecule has 0 bridgehead atoms. The largest absolute Gasteiger partial charge is 0.480 e. The SMILES string of the molecule is CCOC(=O)COc1ccc2c(-c3cccc4ccccc34)noc2c1Cl. The van der Waals surface area contributed by atoms with E-state index in [9.17, 15) is 4.79 Å². The van der Waals surface area contributed by atoms with Crippen molar-refractivity contribution in [1.29, 1.82) is 0 Å². The fourth-order valence-electron chi connectivity index (χ4n) is 3.03. The summed E-state index contributed by atoms with van der Waals surface area (Å²) in [4.78, 5) is 11.5. The monoisotopic (exact) mass is 381 g/mol. The molecule has 27 heavy (non-hydrogen) atoms. The van der Waals surface area contributed by atoms with Gasteiger partial charge in [-0.1, -0.05) is 59.2 Å². The lowest BCUT2D eigenvalue weighted by atomic mass is 10.0. The molecular formula is C21H16ClNO4. The number of aromatic nitrogens is 1. The number of esters is 1. The summed E-state index contributed by atoms with van der Waals surface area (Å²) in [5, 5.41) is 7.48. The van der Waals surface area contributed by atoms with Gasteiger partial charge in [0.1, 0.15) is 16.5 Å². The fraction of sp³-hybridized carbons (Fsp3) is 0.143. The standard InChI is InChI=1S/C21H16ClNO4/c1-2-25-18(24)12-26-17-11-10-16-20(23-27-21(16)19(17)22)15-9-5-7-13-6-3-4-8-14(13)15/h3-11H,2,12H2,1H3. The van der Waals surface area contributed by atoms with Crippen LogP contribution in [0.4, 0.5) is 0 Å². The van der Waals surface area contributed by atoms with E-state index in [1.165, 1.54) is 0 Å². The third kappa shape index (κ3) is 3.22. The number of halogens is 1. The number of benzene rings is 3. The Morgan fingerprint density at radius 2 is 1.89 bits per heavy atom. The highest BCUT2D eigenvalue weighted by molar-refractivity contribution is 6.36. The maximum Gasteiger partial charge on any atom is 0.344 e. The molecule has 0 amide bonds. The molecule has 0 N–H and O–H groups in total. The second kappa shape index (κ2) is 7.29. The lowest BCUT2D eigenvalue weighted by Crippen LogP contribution is -2.14. The molecule has 0 atom stereocenters. The van der Waals surface area contributed by atoms with E-state index < -0.39 is 5.97 Å². The van der Waals surface area contributed by atoms with E-state index in [1.807, 2.05) is 36.4 Å². The predicted octanol–water partition coefficient (Wildman–Crippen LogP) is 5.24. The van der Waals surface area contributed by atoms with Gasteiger partial charge >= 0.3 is 5.97 Å². The van der Waals surface area contributed by atoms with Crippen molar-refractivity contribution in [3.63, 3.8) is 0 Å². The second-order valence-corrected chi connectivity index (χ2v) is 6.28. The fourth-order valence-corrected chi connectivity index (χ4v) is 3.29. The Kier molecular flexibility index (Phi) is 4.69. The molecule has 136 valence electrons. The van der Waals surface area contributed by atoms with Gasteiger partial charge in [0, 0.05) is 5.56 Å². The first-order valence-electron chi connectivity index (χ1n) is 8.53. The van der Waals surface area contributed by atoms with Crippen molar-refractivity contribution in [1.82, 2.24) is 5.16 Å². The zero-order chi connectivity index (χ0) is 18.8. The molecule has 0 aliphatic carbocycles. The van der Waals surface area contributed by atoms with Crippen LogP contribution in [0, 0.1) is 0 Å². The molecule has 3 aromatic carbocycles. The maximum absolute atomic E-state index is 11.5. The topological polar surface area (TPSA) is 61.6 Å². The number of nitrogens with zero attached hydrogens (tertiary/aromatic N) is 1. The Morgan fingerprint density at radius 3 is 2.74 bits per heavy atom. The van der Waals surface area contributed by atoms with Gasteiger partial charge in [-0.05, 0) is 29.8 Å². The number of hydrogen-bond donors (Lipinski definition) is 0. The summed E-state index contributed by atoms with van der Waals surface area (Å²) in [5.74, 6) is -0.111. The summed E-state index contributed by atoms with van der Waals surface area (Å²) in [6.45, 7) is 1.81. The Bertz CT molecular complexity index is 1130. The zero-order valence-corrected chi connectivity index (χ0v) is 15.3. The molecule has 0 saturated heterocycles. The first kappa shape index (κ1) is 17.4. The highest BCUT2D eigenvalue weighted by Gasteiger charge is 2.18. The van der Waals surface area contributed by atoms with Crippen molar-refractivity contribution in [2.45, 2.75) is 6.92 Å². The van der Waals surface area contributed by atoms with E-state index in [2.05, 4.69) is 17.3 Å². The third-order valence-electron chi connectivity index (χ3n) is 4.24. The molecule has 4 rings (SSSR count). The lowest BCUT2D eigenvalue weighted by Gasteiger charge is -2.07. The van der Waals surface area contributed by atoms with E-state index in [-0.39, 0.29) is 11.6 Å². The van der Waals surface area contributed by atoms with Crippen molar-refractivity contribution in [2.24, 2.45) is 0 Å². The molecule has 0 spiro atoms. The summed E-state index contributed by atoms with van der Waals surface area (Å²) in [6.07, 6.45) is 0. The van der Waals surface area contributed by atoms with Gasteiger partial charge in [-0.15, -0.1) is 0 Å². The smallest absolute Gasteiger partial charge is 0.344 e. The van der Waals surface area contributed by atoms with Gasteiger partial charge < -0.3 is 14.0 Å². The summed E-state index contributed by atoms with van der Waals surface area (Å²) in [5.41, 5.74) is 2.09. The van der Waals surface area contributed by atoms with Crippen molar-refractivity contribution in [3.8, 4) is 17.0 Å². The highest BCUT2D eigenvalue weighted by atomic mass is 35.5. The van der Waals surface area contributed by atoms with Gasteiger partial charge in [-0.25, -0.2) is 4.79 Å². The van der Waals surface area contributed by atoms with Crippen molar-refractivity contribution in [2.75, 3.05) is 13.2 Å². The zero-order valence-electron chi connectivity index (χ0n) is 14.6. The second-order valence-electron chi connectivity index (χ2n) is 5.91. The van der Waals surface area contributed by atoms with Crippen LogP contribution >= 0.6 is 11.6 Å². The third-order valence-corrected chi connectivity index (χ3v) is 4.60. The molecule has 0 unspecified atom stereocenters. The Balaban J connectivity index is 1.74. The van der Waals surface area contributed by atoms with Gasteiger partial charge in [0.15, 0.2) is 12.2 Å². The van der Waals surface area contributed by atoms with Crippen LogP contribution in [0.3, 0.4) is 0 Å². The number of carbonyl (C=O) groups is 1. The van der Waals surface area contributed by atoms with Crippen LogP contribution in [0.2, 0.25) is 5.02 Å². The van der Waals surface area contributed by atoms with Crippen molar-refractivity contribution >= 4 is 39.3 Å². The Morgan fingerprint density at radius 1 is 1.07 bits per heavy atom. The molecule has 0 aliphatic heterocycles. The van der Waals surface area contributed by atoms with Gasteiger partial charge in [-0.2, -0.15) is 0 Å². The number of hydrogen-bond acceptors (Lipinski definition) is 5. The summed E-state index contributed by atoms with van der Waals surface area (Å²) < 4.78 is 15.8. The summed E-state index contributed by atoms with van der Waals surface area (Å²) >= 11 is 6.41. The summed E-state index contributed by atoms with van der Waals surface area (Å²) in [6, 6.07) is 17.6. The first-order valence-corrected chi connectivity index (χ1v) is 8.91. The number of carbonyl (C=O) groups excluding carboxylic acids is 1. The quantitative estimate of drug-likeness (QED) is 0.442. The molecule has 5 nitrogen and oxygen atoms in total. The maximum atomic E-state index is 11.5. The van der Waals surface area contributed by atoms with Gasteiger partial charge in [0.2, 0.25) is 0 Å². The van der Waals surface area contributed by atoms with Crippen molar-refractivity contribution < 1.29 is 18.8 Å². The minimum absolute atomic E-state index is 0.219. The van der Waals surface area contributed by atoms with E-state index in [1.54, 1.807) is 13.0 Å². The minimum atomic E-state index is -0.456. The van der Waals surface area contributed by atoms with E-state index >= 15 is 0 Å². The molecule has 6 heteroatoms. The predicted molar refractivity (Wildman–Crippen MR) is 104 cm³/mol. The van der Waals surface area contributed by atoms with E-state index in [0.717, 1.165) is 21.7 Å². The highest BCUT2D eigenvalue weighted by Crippen LogP contribution is 2.39. The molecule has 1 heterocycles. The Labute approximate surface area is 160 Å². The molecule has 0 aliphatic rings. The molecule has 0 radical (unpaired) electrons. The molecule has 0 saturated carbocycles. The average molecular weight is 382 g/mol. The van der Waals surface area contributed by atoms with Crippen LogP contribution < -0.4 is 4.74 Å². The van der Waals surface area contributed by atoms with Gasteiger partial charge in [0.05, 0.1) is 12.0 Å². The van der Waals surface area contributed by atoms with Crippen molar-refractivity contribution in [3.05, 3.63) is 59.6 Å². The van der Waals surface area contributed by atoms with Gasteiger partial charge in [0.25, 0.3) is 0 Å². The molecule has 1 aromatic heterocycles. The number of rotatable bonds is 5. The lowest BCUT2D eigenvalue weighted by molar-refractivity contribution is -0.145. The summed E-state index contributed by atoms with van der Waals surface area (Å²) in [7, 11) is 0. The average Bonchev–Trinajstić information content (AvgIpc) is 3.12. The van der Waals surface area contributed by atoms with Crippen LogP contribution in [0.25, 0.3) is 33.0 Å². The minimum Gasteiger partial charge on any atom is -0.480 e. The van der Waals surface area contributed by atoms with E-state index in [0.29, 0.717) is 23.6 Å². The Hall–Kier alpha value is -3.05. The van der Waals surface area contributed by atoms with Crippen LogP contribution in [0.5, 0.6) is 5.75 Å².